The molecule has 0 saturated heterocycles. The summed E-state index contributed by atoms with van der Waals surface area (Å²) >= 11 is 5.54. The lowest BCUT2D eigenvalue weighted by Crippen LogP contribution is -2.12. The second kappa shape index (κ2) is 4.58. The lowest BCUT2D eigenvalue weighted by molar-refractivity contribution is -0.141. The van der Waals surface area contributed by atoms with Crippen LogP contribution in [-0.4, -0.2) is 20.7 Å². The van der Waals surface area contributed by atoms with Crippen molar-refractivity contribution in [1.82, 2.24) is 9.61 Å². The number of halogens is 6. The molecule has 0 saturated carbocycles. The van der Waals surface area contributed by atoms with Crippen LogP contribution in [0.25, 0.3) is 5.52 Å². The first-order chi connectivity index (χ1) is 9.14. The number of carboxylic acid groups (broad SMARTS) is 1. The number of fused-ring (bicyclic) bond motifs is 1. The summed E-state index contributed by atoms with van der Waals surface area (Å²) in [5.41, 5.74) is -4.09. The van der Waals surface area contributed by atoms with Gasteiger partial charge in [0.15, 0.2) is 5.69 Å². The molecule has 2 aromatic rings. The zero-order valence-electron chi connectivity index (χ0n) is 9.25. The highest BCUT2D eigenvalue weighted by molar-refractivity contribution is 6.30. The first-order valence-corrected chi connectivity index (χ1v) is 5.32. The van der Waals surface area contributed by atoms with E-state index in [4.69, 9.17) is 16.7 Å². The smallest absolute Gasteiger partial charge is 0.436 e. The quantitative estimate of drug-likeness (QED) is 0.680. The summed E-state index contributed by atoms with van der Waals surface area (Å²) in [6.07, 6.45) is -8.08. The van der Waals surface area contributed by atoms with E-state index in [0.29, 0.717) is 4.52 Å². The summed E-state index contributed by atoms with van der Waals surface area (Å²) in [7, 11) is 0. The van der Waals surface area contributed by atoms with Gasteiger partial charge in [-0.05, 0) is 12.1 Å². The minimum atomic E-state index is -5.05. The van der Waals surface area contributed by atoms with Crippen LogP contribution in [0.3, 0.4) is 0 Å². The maximum atomic E-state index is 12.7. The number of aromatic nitrogens is 2. The molecular weight excluding hydrogens is 311 g/mol. The van der Waals surface area contributed by atoms with Crippen LogP contribution in [0.4, 0.5) is 22.0 Å². The van der Waals surface area contributed by atoms with Crippen molar-refractivity contribution in [3.05, 3.63) is 34.1 Å². The third kappa shape index (κ3) is 2.17. The van der Waals surface area contributed by atoms with Gasteiger partial charge in [0, 0.05) is 0 Å². The van der Waals surface area contributed by atoms with E-state index in [2.05, 4.69) is 5.10 Å². The van der Waals surface area contributed by atoms with E-state index < -0.39 is 46.1 Å². The zero-order valence-corrected chi connectivity index (χ0v) is 10.0. The van der Waals surface area contributed by atoms with Crippen LogP contribution in [0.1, 0.15) is 28.0 Å². The first kappa shape index (κ1) is 14.5. The predicted octanol–water partition coefficient (Wildman–Crippen LogP) is 3.64. The normalized spacial score (nSPS) is 12.3. The minimum Gasteiger partial charge on any atom is -0.478 e. The summed E-state index contributed by atoms with van der Waals surface area (Å²) in [4.78, 5) is 10.9. The molecule has 0 amide bonds. The molecule has 1 N–H and O–H groups in total. The van der Waals surface area contributed by atoms with E-state index in [1.54, 1.807) is 0 Å². The Morgan fingerprint density at radius 3 is 2.40 bits per heavy atom. The minimum absolute atomic E-state index is 0.343. The number of alkyl halides is 5. The van der Waals surface area contributed by atoms with Crippen molar-refractivity contribution < 1.29 is 31.9 Å². The second-order valence-corrected chi connectivity index (χ2v) is 4.06. The standard InChI is InChI=1S/C10H4ClF5N2O2/c11-7-3(8(12)13)1-2-4-5(9(19)20)6(10(14,15)16)17-18(4)7/h1-2,8H,(H,19,20). The lowest BCUT2D eigenvalue weighted by Gasteiger charge is -2.04. The molecule has 108 valence electrons. The molecule has 2 heterocycles. The van der Waals surface area contributed by atoms with Crippen molar-refractivity contribution in [1.29, 1.82) is 0 Å². The maximum absolute atomic E-state index is 12.7. The van der Waals surface area contributed by atoms with E-state index in [-0.39, 0.29) is 0 Å². The Morgan fingerprint density at radius 1 is 1.35 bits per heavy atom. The number of carboxylic acids is 1. The van der Waals surface area contributed by atoms with Crippen LogP contribution in [0.15, 0.2) is 12.1 Å². The molecule has 4 nitrogen and oxygen atoms in total. The average Bonchev–Trinajstić information content (AvgIpc) is 2.68. The summed E-state index contributed by atoms with van der Waals surface area (Å²) in [5.74, 6) is -1.88. The summed E-state index contributed by atoms with van der Waals surface area (Å²) in [5, 5.41) is 11.1. The van der Waals surface area contributed by atoms with Crippen LogP contribution in [-0.2, 0) is 6.18 Å². The van der Waals surface area contributed by atoms with Gasteiger partial charge >= 0.3 is 12.1 Å². The molecule has 2 rings (SSSR count). The van der Waals surface area contributed by atoms with Gasteiger partial charge in [0.2, 0.25) is 0 Å². The molecule has 0 radical (unpaired) electrons. The Labute approximate surface area is 112 Å². The van der Waals surface area contributed by atoms with E-state index in [1.807, 2.05) is 0 Å². The van der Waals surface area contributed by atoms with Gasteiger partial charge in [0.05, 0.1) is 11.1 Å². The third-order valence-electron chi connectivity index (χ3n) is 2.48. The molecular formula is C10H4ClF5N2O2. The SMILES string of the molecule is O=C(O)c1c(C(F)(F)F)nn2c(Cl)c(C(F)F)ccc12. The van der Waals surface area contributed by atoms with Crippen molar-refractivity contribution in [2.45, 2.75) is 12.6 Å². The molecule has 0 aliphatic heterocycles. The highest BCUT2D eigenvalue weighted by Gasteiger charge is 2.40. The number of pyridine rings is 1. The number of carbonyl (C=O) groups is 1. The van der Waals surface area contributed by atoms with Crippen molar-refractivity contribution in [3.8, 4) is 0 Å². The molecule has 0 fully saturated rings. The molecule has 0 bridgehead atoms. The average molecular weight is 315 g/mol. The van der Waals surface area contributed by atoms with Crippen molar-refractivity contribution in [2.24, 2.45) is 0 Å². The zero-order chi connectivity index (χ0) is 15.2. The molecule has 0 atom stereocenters. The van der Waals surface area contributed by atoms with Gasteiger partial charge in [0.25, 0.3) is 6.43 Å². The van der Waals surface area contributed by atoms with Crippen LogP contribution in [0.2, 0.25) is 5.15 Å². The van der Waals surface area contributed by atoms with Gasteiger partial charge < -0.3 is 5.11 Å². The third-order valence-corrected chi connectivity index (χ3v) is 2.86. The topological polar surface area (TPSA) is 54.6 Å². The molecule has 0 aliphatic rings. The molecule has 0 aliphatic carbocycles. The monoisotopic (exact) mass is 314 g/mol. The lowest BCUT2D eigenvalue weighted by atomic mass is 10.2. The van der Waals surface area contributed by atoms with Gasteiger partial charge in [-0.25, -0.2) is 18.1 Å². The van der Waals surface area contributed by atoms with E-state index >= 15 is 0 Å². The van der Waals surface area contributed by atoms with Gasteiger partial charge in [-0.1, -0.05) is 11.6 Å². The van der Waals surface area contributed by atoms with Crippen LogP contribution < -0.4 is 0 Å². The van der Waals surface area contributed by atoms with Gasteiger partial charge in [-0.2, -0.15) is 18.3 Å². The van der Waals surface area contributed by atoms with Crippen molar-refractivity contribution in [2.75, 3.05) is 0 Å². The Bertz CT molecular complexity index is 695. The number of rotatable bonds is 2. The van der Waals surface area contributed by atoms with E-state index in [9.17, 15) is 26.7 Å². The summed E-state index contributed by atoms with van der Waals surface area (Å²) < 4.78 is 63.6. The van der Waals surface area contributed by atoms with Crippen molar-refractivity contribution >= 4 is 23.1 Å². The number of hydrogen-bond donors (Lipinski definition) is 1. The molecule has 0 aromatic carbocycles. The first-order valence-electron chi connectivity index (χ1n) is 4.94. The van der Waals surface area contributed by atoms with Crippen molar-refractivity contribution in [3.63, 3.8) is 0 Å². The maximum Gasteiger partial charge on any atom is 0.436 e. The molecule has 2 aromatic heterocycles. The summed E-state index contributed by atoms with van der Waals surface area (Å²) in [6, 6.07) is 1.57. The fourth-order valence-electron chi connectivity index (χ4n) is 1.67. The van der Waals surface area contributed by atoms with Crippen LogP contribution in [0.5, 0.6) is 0 Å². The Kier molecular flexibility index (Phi) is 3.32. The molecule has 0 spiro atoms. The molecule has 20 heavy (non-hydrogen) atoms. The van der Waals surface area contributed by atoms with Crippen LogP contribution >= 0.6 is 11.6 Å². The van der Waals surface area contributed by atoms with Crippen LogP contribution in [0, 0.1) is 0 Å². The Morgan fingerprint density at radius 2 is 1.95 bits per heavy atom. The second-order valence-electron chi connectivity index (χ2n) is 3.70. The highest BCUT2D eigenvalue weighted by Crippen LogP contribution is 2.35. The predicted molar refractivity (Wildman–Crippen MR) is 57.1 cm³/mol. The molecule has 10 heteroatoms. The van der Waals surface area contributed by atoms with Gasteiger partial charge in [-0.15, -0.1) is 0 Å². The largest absolute Gasteiger partial charge is 0.478 e. The fourth-order valence-corrected chi connectivity index (χ4v) is 1.94. The van der Waals surface area contributed by atoms with Gasteiger partial charge in [0.1, 0.15) is 10.7 Å². The Balaban J connectivity index is 2.88. The van der Waals surface area contributed by atoms with Gasteiger partial charge in [-0.3, -0.25) is 0 Å². The highest BCUT2D eigenvalue weighted by atomic mass is 35.5. The number of hydrogen-bond acceptors (Lipinski definition) is 2. The fraction of sp³-hybridized carbons (Fsp3) is 0.200. The number of aromatic carboxylic acids is 1. The van der Waals surface area contributed by atoms with E-state index in [0.717, 1.165) is 12.1 Å². The van der Waals surface area contributed by atoms with E-state index in [1.165, 1.54) is 0 Å². The number of nitrogens with zero attached hydrogens (tertiary/aromatic N) is 2. The summed E-state index contributed by atoms with van der Waals surface area (Å²) in [6.45, 7) is 0. The molecule has 0 unspecified atom stereocenters. The Hall–Kier alpha value is -1.90.